The second-order valence-electron chi connectivity index (χ2n) is 6.90. The smallest absolute Gasteiger partial charge is 0.328 e. The summed E-state index contributed by atoms with van der Waals surface area (Å²) < 4.78 is 4.15. The van der Waals surface area contributed by atoms with Crippen LogP contribution in [0.4, 0.5) is 11.5 Å². The monoisotopic (exact) mass is 382 g/mol. The molecule has 0 fully saturated rings. The number of pyridine rings is 1. The maximum atomic E-state index is 12.8. The first-order valence-corrected chi connectivity index (χ1v) is 8.41. The van der Waals surface area contributed by atoms with Crippen LogP contribution >= 0.6 is 0 Å². The minimum Gasteiger partial charge on any atom is -0.384 e. The number of carbonyl (C=O) groups is 2. The quantitative estimate of drug-likeness (QED) is 0.579. The first-order valence-electron chi connectivity index (χ1n) is 8.41. The van der Waals surface area contributed by atoms with Gasteiger partial charge in [-0.25, -0.2) is 4.79 Å². The summed E-state index contributed by atoms with van der Waals surface area (Å²) in [7, 11) is 6.87. The predicted octanol–water partition coefficient (Wildman–Crippen LogP) is -0.440. The third-order valence-electron chi connectivity index (χ3n) is 5.04. The van der Waals surface area contributed by atoms with Crippen molar-refractivity contribution in [2.24, 2.45) is 14.1 Å². The van der Waals surface area contributed by atoms with Crippen LogP contribution in [0.25, 0.3) is 16.7 Å². The number of nitrogens with zero attached hydrogens (tertiary/aromatic N) is 4. The van der Waals surface area contributed by atoms with Gasteiger partial charge in [0.2, 0.25) is 0 Å². The molecule has 1 aromatic carbocycles. The number of aromatic nitrogens is 3. The molecule has 0 bridgehead atoms. The van der Waals surface area contributed by atoms with Gasteiger partial charge in [0, 0.05) is 34.3 Å². The van der Waals surface area contributed by atoms with Gasteiger partial charge < -0.3 is 10.6 Å². The average molecular weight is 382 g/mol. The molecule has 10 nitrogen and oxygen atoms in total. The van der Waals surface area contributed by atoms with Crippen LogP contribution < -0.4 is 27.2 Å². The van der Waals surface area contributed by atoms with E-state index < -0.39 is 17.4 Å². The zero-order valence-electron chi connectivity index (χ0n) is 15.7. The van der Waals surface area contributed by atoms with E-state index in [1.807, 2.05) is 0 Å². The minimum atomic E-state index is -0.648. The molecule has 3 heterocycles. The molecule has 1 aliphatic heterocycles. The molecular formula is C18H18N6O4. The van der Waals surface area contributed by atoms with Gasteiger partial charge in [0.05, 0.1) is 33.5 Å². The van der Waals surface area contributed by atoms with E-state index in [0.29, 0.717) is 22.4 Å². The maximum absolute atomic E-state index is 12.8. The second-order valence-corrected chi connectivity index (χ2v) is 6.90. The summed E-state index contributed by atoms with van der Waals surface area (Å²) in [6.45, 7) is 0. The van der Waals surface area contributed by atoms with E-state index in [1.54, 1.807) is 45.2 Å². The SMILES string of the molecule is CN(C)c1cc2c(cc1-n1c(N)c3c(cc1=O)C(=O)NC3=O)n(C)c(=O)n2C. The largest absolute Gasteiger partial charge is 0.384 e. The number of anilines is 2. The molecule has 0 atom stereocenters. The van der Waals surface area contributed by atoms with Crippen molar-refractivity contribution in [3.63, 3.8) is 0 Å². The summed E-state index contributed by atoms with van der Waals surface area (Å²) in [6, 6.07) is 4.54. The molecule has 3 aromatic rings. The van der Waals surface area contributed by atoms with Crippen LogP contribution in [-0.2, 0) is 14.1 Å². The van der Waals surface area contributed by atoms with E-state index in [1.165, 1.54) is 13.7 Å². The molecule has 0 spiro atoms. The summed E-state index contributed by atoms with van der Waals surface area (Å²) in [4.78, 5) is 50.9. The van der Waals surface area contributed by atoms with Gasteiger partial charge in [-0.15, -0.1) is 0 Å². The van der Waals surface area contributed by atoms with Crippen LogP contribution in [0.1, 0.15) is 20.7 Å². The number of imide groups is 1. The van der Waals surface area contributed by atoms with Crippen LogP contribution in [0.3, 0.4) is 0 Å². The molecule has 1 aliphatic rings. The fourth-order valence-corrected chi connectivity index (χ4v) is 3.59. The molecule has 4 rings (SSSR count). The minimum absolute atomic E-state index is 0.0312. The van der Waals surface area contributed by atoms with Crippen molar-refractivity contribution < 1.29 is 9.59 Å². The molecule has 0 saturated carbocycles. The molecule has 0 unspecified atom stereocenters. The van der Waals surface area contributed by atoms with Gasteiger partial charge >= 0.3 is 5.69 Å². The Morgan fingerprint density at radius 1 is 0.929 bits per heavy atom. The first-order chi connectivity index (χ1) is 13.1. The Balaban J connectivity index is 2.15. The molecule has 0 saturated heterocycles. The van der Waals surface area contributed by atoms with Crippen molar-refractivity contribution in [1.82, 2.24) is 19.0 Å². The van der Waals surface area contributed by atoms with Crippen molar-refractivity contribution in [3.8, 4) is 5.69 Å². The van der Waals surface area contributed by atoms with Crippen molar-refractivity contribution in [3.05, 3.63) is 50.2 Å². The van der Waals surface area contributed by atoms with E-state index in [0.717, 1.165) is 6.07 Å². The lowest BCUT2D eigenvalue weighted by atomic mass is 10.1. The fraction of sp³-hybridized carbons (Fsp3) is 0.222. The first kappa shape index (κ1) is 17.6. The lowest BCUT2D eigenvalue weighted by Crippen LogP contribution is -2.26. The van der Waals surface area contributed by atoms with E-state index in [2.05, 4.69) is 5.32 Å². The normalized spacial score (nSPS) is 13.1. The summed E-state index contributed by atoms with van der Waals surface area (Å²) in [5.74, 6) is -1.43. The van der Waals surface area contributed by atoms with E-state index in [4.69, 9.17) is 5.73 Å². The van der Waals surface area contributed by atoms with Crippen molar-refractivity contribution in [2.75, 3.05) is 24.7 Å². The number of fused-ring (bicyclic) bond motifs is 2. The lowest BCUT2D eigenvalue weighted by Gasteiger charge is -2.21. The van der Waals surface area contributed by atoms with Crippen molar-refractivity contribution in [2.45, 2.75) is 0 Å². The van der Waals surface area contributed by atoms with Gasteiger partial charge in [0.25, 0.3) is 17.4 Å². The van der Waals surface area contributed by atoms with Gasteiger partial charge in [0.1, 0.15) is 5.82 Å². The topological polar surface area (TPSA) is 124 Å². The van der Waals surface area contributed by atoms with Gasteiger partial charge in [-0.3, -0.25) is 33.4 Å². The van der Waals surface area contributed by atoms with Gasteiger partial charge in [-0.2, -0.15) is 0 Å². The number of amides is 2. The second kappa shape index (κ2) is 5.59. The third-order valence-corrected chi connectivity index (χ3v) is 5.04. The van der Waals surface area contributed by atoms with Crippen molar-refractivity contribution in [1.29, 1.82) is 0 Å². The number of imidazole rings is 1. The number of aryl methyl sites for hydroxylation is 2. The highest BCUT2D eigenvalue weighted by atomic mass is 16.2. The van der Waals surface area contributed by atoms with Crippen LogP contribution in [0.2, 0.25) is 0 Å². The summed E-state index contributed by atoms with van der Waals surface area (Å²) in [6.07, 6.45) is 0. The molecule has 3 N–H and O–H groups in total. The van der Waals surface area contributed by atoms with Crippen molar-refractivity contribution >= 4 is 34.4 Å². The Bertz CT molecular complexity index is 1320. The standard InChI is InChI=1S/C18H18N6O4/c1-21(2)9-6-10-11(23(4)18(28)22(10)3)7-12(9)24-13(25)5-8-14(15(24)19)17(27)20-16(8)26/h5-7H,19H2,1-4H3,(H,20,26,27). The summed E-state index contributed by atoms with van der Waals surface area (Å²) >= 11 is 0. The molecule has 0 aliphatic carbocycles. The third kappa shape index (κ3) is 2.14. The molecule has 10 heteroatoms. The number of carbonyl (C=O) groups excluding carboxylic acids is 2. The Labute approximate surface area is 158 Å². The number of hydrogen-bond donors (Lipinski definition) is 2. The van der Waals surface area contributed by atoms with E-state index >= 15 is 0 Å². The number of nitrogens with two attached hydrogens (primary N) is 1. The average Bonchev–Trinajstić information content (AvgIpc) is 3.02. The van der Waals surface area contributed by atoms with Crippen LogP contribution in [0.5, 0.6) is 0 Å². The lowest BCUT2D eigenvalue weighted by molar-refractivity contribution is 0.0880. The van der Waals surface area contributed by atoms with Gasteiger partial charge in [-0.1, -0.05) is 0 Å². The van der Waals surface area contributed by atoms with Crippen LogP contribution in [0, 0.1) is 0 Å². The number of hydrogen-bond acceptors (Lipinski definition) is 6. The molecule has 28 heavy (non-hydrogen) atoms. The molecular weight excluding hydrogens is 364 g/mol. The molecule has 144 valence electrons. The number of nitrogens with one attached hydrogen (secondary N) is 1. The molecule has 2 aromatic heterocycles. The van der Waals surface area contributed by atoms with Gasteiger partial charge in [-0.05, 0) is 12.1 Å². The zero-order valence-corrected chi connectivity index (χ0v) is 15.7. The zero-order chi connectivity index (χ0) is 20.5. The highest BCUT2D eigenvalue weighted by Crippen LogP contribution is 2.31. The molecule has 0 radical (unpaired) electrons. The number of nitrogen functional groups attached to an aromatic ring is 1. The Morgan fingerprint density at radius 2 is 1.54 bits per heavy atom. The van der Waals surface area contributed by atoms with Crippen LogP contribution in [-0.4, -0.2) is 39.6 Å². The summed E-state index contributed by atoms with van der Waals surface area (Å²) in [5.41, 5.74) is 7.63. The Hall–Kier alpha value is -3.82. The summed E-state index contributed by atoms with van der Waals surface area (Å²) in [5, 5.41) is 2.15. The Kier molecular flexibility index (Phi) is 3.51. The Morgan fingerprint density at radius 3 is 2.14 bits per heavy atom. The number of benzene rings is 1. The van der Waals surface area contributed by atoms with E-state index in [9.17, 15) is 19.2 Å². The number of rotatable bonds is 2. The predicted molar refractivity (Wildman–Crippen MR) is 104 cm³/mol. The molecule has 2 amide bonds. The van der Waals surface area contributed by atoms with Crippen LogP contribution in [0.15, 0.2) is 27.8 Å². The highest BCUT2D eigenvalue weighted by molar-refractivity contribution is 6.23. The van der Waals surface area contributed by atoms with Gasteiger partial charge in [0.15, 0.2) is 0 Å². The fourth-order valence-electron chi connectivity index (χ4n) is 3.59. The highest BCUT2D eigenvalue weighted by Gasteiger charge is 2.32. The maximum Gasteiger partial charge on any atom is 0.328 e. The van der Waals surface area contributed by atoms with E-state index in [-0.39, 0.29) is 22.6 Å².